The van der Waals surface area contributed by atoms with Gasteiger partial charge in [0, 0.05) is 5.33 Å². The summed E-state index contributed by atoms with van der Waals surface area (Å²) in [6.45, 7) is 0. The number of aliphatic carboxylic acids is 1. The molecule has 17 heavy (non-hydrogen) atoms. The van der Waals surface area contributed by atoms with Crippen molar-refractivity contribution in [3.63, 3.8) is 0 Å². The molecule has 0 aliphatic heterocycles. The smallest absolute Gasteiger partial charge is 0.337 e. The fourth-order valence-corrected chi connectivity index (χ4v) is 1.82. The summed E-state index contributed by atoms with van der Waals surface area (Å²) < 4.78 is 5.19. The highest BCUT2D eigenvalue weighted by Crippen LogP contribution is 2.25. The first-order valence-electron chi connectivity index (χ1n) is 5.23. The van der Waals surface area contributed by atoms with Crippen molar-refractivity contribution in [3.8, 4) is 5.75 Å². The predicted octanol–water partition coefficient (Wildman–Crippen LogP) is 2.14. The Bertz CT molecular complexity index is 392. The third kappa shape index (κ3) is 3.71. The average Bonchev–Trinajstić information content (AvgIpc) is 2.35. The van der Waals surface area contributed by atoms with Gasteiger partial charge in [0.15, 0.2) is 6.10 Å². The second kappa shape index (κ2) is 6.61. The number of methoxy groups -OCH3 is 1. The van der Waals surface area contributed by atoms with E-state index in [0.29, 0.717) is 11.3 Å². The monoisotopic (exact) mass is 302 g/mol. The third-order valence-corrected chi connectivity index (χ3v) is 3.00. The Morgan fingerprint density at radius 3 is 2.76 bits per heavy atom. The number of carbonyl (C=O) groups is 1. The van der Waals surface area contributed by atoms with Crippen LogP contribution >= 0.6 is 15.9 Å². The Morgan fingerprint density at radius 2 is 2.24 bits per heavy atom. The number of ether oxygens (including phenoxy) is 1. The Kier molecular flexibility index (Phi) is 5.44. The highest BCUT2D eigenvalue weighted by molar-refractivity contribution is 9.09. The summed E-state index contributed by atoms with van der Waals surface area (Å²) in [6, 6.07) is 4.98. The molecule has 4 nitrogen and oxygen atoms in total. The van der Waals surface area contributed by atoms with Crippen LogP contribution in [0.2, 0.25) is 0 Å². The molecule has 1 rings (SSSR count). The number of aliphatic hydroxyl groups excluding tert-OH is 1. The predicted molar refractivity (Wildman–Crippen MR) is 67.7 cm³/mol. The Balaban J connectivity index is 2.95. The summed E-state index contributed by atoms with van der Waals surface area (Å²) in [5.41, 5.74) is 1.34. The SMILES string of the molecule is COc1cc(C(O)C(=O)O)ccc1CCCBr. The van der Waals surface area contributed by atoms with E-state index in [1.54, 1.807) is 18.2 Å². The lowest BCUT2D eigenvalue weighted by atomic mass is 10.0. The van der Waals surface area contributed by atoms with Gasteiger partial charge in [-0.05, 0) is 30.0 Å². The minimum absolute atomic E-state index is 0.331. The van der Waals surface area contributed by atoms with Crippen molar-refractivity contribution in [3.05, 3.63) is 29.3 Å². The lowest BCUT2D eigenvalue weighted by Gasteiger charge is -2.12. The average molecular weight is 303 g/mol. The molecule has 1 atom stereocenters. The summed E-state index contributed by atoms with van der Waals surface area (Å²) in [6.07, 6.45) is 0.309. The quantitative estimate of drug-likeness (QED) is 0.790. The van der Waals surface area contributed by atoms with Gasteiger partial charge in [-0.2, -0.15) is 0 Å². The number of hydrogen-bond acceptors (Lipinski definition) is 3. The van der Waals surface area contributed by atoms with E-state index >= 15 is 0 Å². The standard InChI is InChI=1S/C12H15BrO4/c1-17-10-7-9(11(14)12(15)16)5-4-8(10)3-2-6-13/h4-5,7,11,14H,2-3,6H2,1H3,(H,15,16). The van der Waals surface area contributed by atoms with Crippen LogP contribution < -0.4 is 4.74 Å². The maximum absolute atomic E-state index is 10.7. The first-order chi connectivity index (χ1) is 8.10. The topological polar surface area (TPSA) is 66.8 Å². The zero-order chi connectivity index (χ0) is 12.8. The highest BCUT2D eigenvalue weighted by Gasteiger charge is 2.17. The van der Waals surface area contributed by atoms with Crippen LogP contribution in [0.4, 0.5) is 0 Å². The van der Waals surface area contributed by atoms with Crippen LogP contribution in [0.1, 0.15) is 23.7 Å². The van der Waals surface area contributed by atoms with Crippen LogP contribution in [0.25, 0.3) is 0 Å². The minimum Gasteiger partial charge on any atom is -0.496 e. The van der Waals surface area contributed by atoms with Crippen LogP contribution in [0.15, 0.2) is 18.2 Å². The summed E-state index contributed by atoms with van der Waals surface area (Å²) >= 11 is 3.35. The van der Waals surface area contributed by atoms with Gasteiger partial charge in [-0.1, -0.05) is 28.1 Å². The van der Waals surface area contributed by atoms with E-state index in [1.807, 2.05) is 0 Å². The van der Waals surface area contributed by atoms with Crippen molar-refractivity contribution in [2.24, 2.45) is 0 Å². The van der Waals surface area contributed by atoms with Crippen LogP contribution in [-0.2, 0) is 11.2 Å². The molecule has 2 N–H and O–H groups in total. The van der Waals surface area contributed by atoms with Gasteiger partial charge >= 0.3 is 5.97 Å². The van der Waals surface area contributed by atoms with Gasteiger partial charge in [0.1, 0.15) is 5.75 Å². The Morgan fingerprint density at radius 1 is 1.53 bits per heavy atom. The lowest BCUT2D eigenvalue weighted by Crippen LogP contribution is -2.10. The minimum atomic E-state index is -1.51. The van der Waals surface area contributed by atoms with E-state index in [-0.39, 0.29) is 0 Å². The first-order valence-corrected chi connectivity index (χ1v) is 6.36. The van der Waals surface area contributed by atoms with Crippen molar-refractivity contribution >= 4 is 21.9 Å². The zero-order valence-electron chi connectivity index (χ0n) is 9.52. The second-order valence-corrected chi connectivity index (χ2v) is 4.40. The van der Waals surface area contributed by atoms with Gasteiger partial charge in [-0.3, -0.25) is 0 Å². The second-order valence-electron chi connectivity index (χ2n) is 3.60. The van der Waals surface area contributed by atoms with E-state index < -0.39 is 12.1 Å². The summed E-state index contributed by atoms with van der Waals surface area (Å²) in [5.74, 6) is -0.649. The molecule has 0 amide bonds. The number of halogens is 1. The number of aryl methyl sites for hydroxylation is 1. The normalized spacial score (nSPS) is 12.2. The number of carboxylic acids is 1. The van der Waals surface area contributed by atoms with Crippen molar-refractivity contribution < 1.29 is 19.7 Å². The maximum Gasteiger partial charge on any atom is 0.337 e. The van der Waals surface area contributed by atoms with Gasteiger partial charge in [0.2, 0.25) is 0 Å². The van der Waals surface area contributed by atoms with Crippen molar-refractivity contribution in [2.75, 3.05) is 12.4 Å². The molecular weight excluding hydrogens is 288 g/mol. The molecule has 0 radical (unpaired) electrons. The van der Waals surface area contributed by atoms with Gasteiger partial charge in [-0.25, -0.2) is 4.79 Å². The molecule has 0 spiro atoms. The number of hydrogen-bond donors (Lipinski definition) is 2. The van der Waals surface area contributed by atoms with Crippen LogP contribution in [0.3, 0.4) is 0 Å². The molecule has 1 aromatic carbocycles. The van der Waals surface area contributed by atoms with E-state index in [9.17, 15) is 9.90 Å². The molecule has 0 aliphatic rings. The fourth-order valence-electron chi connectivity index (χ4n) is 1.54. The Labute approximate surface area is 108 Å². The zero-order valence-corrected chi connectivity index (χ0v) is 11.1. The first kappa shape index (κ1) is 14.0. The van der Waals surface area contributed by atoms with Gasteiger partial charge < -0.3 is 14.9 Å². The van der Waals surface area contributed by atoms with E-state index in [4.69, 9.17) is 9.84 Å². The molecule has 0 aliphatic carbocycles. The number of rotatable bonds is 6. The molecule has 0 heterocycles. The number of carboxylic acid groups (broad SMARTS) is 1. The van der Waals surface area contributed by atoms with E-state index in [2.05, 4.69) is 15.9 Å². The van der Waals surface area contributed by atoms with Gasteiger partial charge in [-0.15, -0.1) is 0 Å². The van der Waals surface area contributed by atoms with Gasteiger partial charge in [0.05, 0.1) is 7.11 Å². The van der Waals surface area contributed by atoms with Crippen LogP contribution in [0.5, 0.6) is 5.75 Å². The fraction of sp³-hybridized carbons (Fsp3) is 0.417. The number of alkyl halides is 1. The van der Waals surface area contributed by atoms with E-state index in [1.165, 1.54) is 7.11 Å². The highest BCUT2D eigenvalue weighted by atomic mass is 79.9. The molecule has 0 saturated carbocycles. The lowest BCUT2D eigenvalue weighted by molar-refractivity contribution is -0.146. The number of aliphatic hydroxyl groups is 1. The summed E-state index contributed by atoms with van der Waals surface area (Å²) in [7, 11) is 1.53. The van der Waals surface area contributed by atoms with Crippen molar-refractivity contribution in [1.82, 2.24) is 0 Å². The van der Waals surface area contributed by atoms with Crippen LogP contribution in [0, 0.1) is 0 Å². The van der Waals surface area contributed by atoms with Crippen molar-refractivity contribution in [1.29, 1.82) is 0 Å². The maximum atomic E-state index is 10.7. The van der Waals surface area contributed by atoms with Crippen molar-refractivity contribution in [2.45, 2.75) is 18.9 Å². The molecule has 1 unspecified atom stereocenters. The Hall–Kier alpha value is -1.07. The molecule has 0 saturated heterocycles. The molecule has 1 aromatic rings. The largest absolute Gasteiger partial charge is 0.496 e. The molecular formula is C12H15BrO4. The van der Waals surface area contributed by atoms with Crippen LogP contribution in [-0.4, -0.2) is 28.6 Å². The molecule has 5 heteroatoms. The van der Waals surface area contributed by atoms with Gasteiger partial charge in [0.25, 0.3) is 0 Å². The molecule has 0 fully saturated rings. The molecule has 0 aromatic heterocycles. The third-order valence-electron chi connectivity index (χ3n) is 2.44. The van der Waals surface area contributed by atoms with E-state index in [0.717, 1.165) is 23.7 Å². The number of benzene rings is 1. The summed E-state index contributed by atoms with van der Waals surface area (Å²) in [4.78, 5) is 10.7. The molecule has 94 valence electrons. The summed E-state index contributed by atoms with van der Waals surface area (Å²) in [5, 5.41) is 19.0. The molecule has 0 bridgehead atoms.